The second kappa shape index (κ2) is 10.6. The molecule has 4 rings (SSSR count). The van der Waals surface area contributed by atoms with Gasteiger partial charge in [0.2, 0.25) is 11.8 Å². The zero-order chi connectivity index (χ0) is 22.3. The number of anilines is 2. The Labute approximate surface area is 189 Å². The lowest BCUT2D eigenvalue weighted by atomic mass is 10.1. The fourth-order valence-corrected chi connectivity index (χ4v) is 4.22. The molecule has 0 unspecified atom stereocenters. The summed E-state index contributed by atoms with van der Waals surface area (Å²) in [5, 5.41) is 2.99. The van der Waals surface area contributed by atoms with Crippen LogP contribution >= 0.6 is 0 Å². The number of benzene rings is 2. The number of amides is 2. The van der Waals surface area contributed by atoms with E-state index >= 15 is 0 Å². The number of nitrogens with one attached hydrogen (secondary N) is 1. The van der Waals surface area contributed by atoms with Gasteiger partial charge in [-0.1, -0.05) is 24.3 Å². The predicted molar refractivity (Wildman–Crippen MR) is 126 cm³/mol. The molecule has 2 aliphatic heterocycles. The van der Waals surface area contributed by atoms with Gasteiger partial charge in [-0.25, -0.2) is 0 Å². The van der Waals surface area contributed by atoms with Crippen LogP contribution in [0, 0.1) is 6.92 Å². The van der Waals surface area contributed by atoms with Gasteiger partial charge in [-0.3, -0.25) is 14.5 Å². The second-order valence-corrected chi connectivity index (χ2v) is 8.45. The predicted octanol–water partition coefficient (Wildman–Crippen LogP) is 2.16. The van der Waals surface area contributed by atoms with Crippen LogP contribution in [0.15, 0.2) is 48.5 Å². The monoisotopic (exact) mass is 436 g/mol. The van der Waals surface area contributed by atoms with Crippen molar-refractivity contribution in [2.45, 2.75) is 13.3 Å². The Morgan fingerprint density at radius 2 is 1.59 bits per heavy atom. The highest BCUT2D eigenvalue weighted by Crippen LogP contribution is 2.19. The van der Waals surface area contributed by atoms with Crippen molar-refractivity contribution in [3.05, 3.63) is 59.7 Å². The number of hydrogen-bond acceptors (Lipinski definition) is 5. The van der Waals surface area contributed by atoms with E-state index in [4.69, 9.17) is 4.74 Å². The number of rotatable bonds is 6. The van der Waals surface area contributed by atoms with E-state index in [-0.39, 0.29) is 11.8 Å². The lowest BCUT2D eigenvalue weighted by molar-refractivity contribution is -0.132. The fourth-order valence-electron chi connectivity index (χ4n) is 4.22. The molecule has 7 nitrogen and oxygen atoms in total. The molecule has 2 aromatic rings. The van der Waals surface area contributed by atoms with E-state index in [1.54, 1.807) is 0 Å². The van der Waals surface area contributed by atoms with Crippen LogP contribution in [-0.4, -0.2) is 80.6 Å². The second-order valence-electron chi connectivity index (χ2n) is 8.45. The van der Waals surface area contributed by atoms with Crippen molar-refractivity contribution in [2.24, 2.45) is 0 Å². The third kappa shape index (κ3) is 5.87. The largest absolute Gasteiger partial charge is 0.378 e. The smallest absolute Gasteiger partial charge is 0.238 e. The molecule has 2 aromatic carbocycles. The van der Waals surface area contributed by atoms with Crippen LogP contribution in [0.1, 0.15) is 11.1 Å². The summed E-state index contributed by atoms with van der Waals surface area (Å²) in [5.74, 6) is 0.132. The number of piperazine rings is 1. The SMILES string of the molecule is Cc1ccccc1CC(=O)N1CCN(CC(=O)Nc2ccc(N3CCOCC3)cc2)CC1. The minimum Gasteiger partial charge on any atom is -0.378 e. The Morgan fingerprint density at radius 3 is 2.28 bits per heavy atom. The molecule has 170 valence electrons. The Hall–Kier alpha value is -2.90. The number of hydrogen-bond donors (Lipinski definition) is 1. The van der Waals surface area contributed by atoms with E-state index in [0.29, 0.717) is 39.1 Å². The quantitative estimate of drug-likeness (QED) is 0.752. The van der Waals surface area contributed by atoms with E-state index in [2.05, 4.69) is 15.1 Å². The average molecular weight is 437 g/mol. The minimum atomic E-state index is -0.0243. The molecule has 0 radical (unpaired) electrons. The van der Waals surface area contributed by atoms with Gasteiger partial charge < -0.3 is 19.9 Å². The van der Waals surface area contributed by atoms with Crippen molar-refractivity contribution in [3.63, 3.8) is 0 Å². The molecule has 7 heteroatoms. The van der Waals surface area contributed by atoms with Crippen LogP contribution in [0.2, 0.25) is 0 Å². The number of carbonyl (C=O) groups is 2. The van der Waals surface area contributed by atoms with Gasteiger partial charge in [-0.15, -0.1) is 0 Å². The van der Waals surface area contributed by atoms with Gasteiger partial charge in [0.15, 0.2) is 0 Å². The first kappa shape index (κ1) is 22.3. The molecule has 0 bridgehead atoms. The molecule has 2 aliphatic rings. The third-order valence-electron chi connectivity index (χ3n) is 6.22. The van der Waals surface area contributed by atoms with E-state index in [1.165, 1.54) is 0 Å². The van der Waals surface area contributed by atoms with Gasteiger partial charge >= 0.3 is 0 Å². The summed E-state index contributed by atoms with van der Waals surface area (Å²) in [5.41, 5.74) is 4.19. The standard InChI is InChI=1S/C25H32N4O3/c1-20-4-2-3-5-21(20)18-25(31)29-12-10-27(11-13-29)19-24(30)26-22-6-8-23(9-7-22)28-14-16-32-17-15-28/h2-9H,10-19H2,1H3,(H,26,30). The van der Waals surface area contributed by atoms with Gasteiger partial charge in [0.25, 0.3) is 0 Å². The number of aryl methyl sites for hydroxylation is 1. The van der Waals surface area contributed by atoms with Crippen LogP contribution in [0.3, 0.4) is 0 Å². The Kier molecular flexibility index (Phi) is 7.39. The Balaban J connectivity index is 1.20. The van der Waals surface area contributed by atoms with E-state index in [9.17, 15) is 9.59 Å². The number of carbonyl (C=O) groups excluding carboxylic acids is 2. The summed E-state index contributed by atoms with van der Waals surface area (Å²) in [4.78, 5) is 31.5. The molecular formula is C25H32N4O3. The molecule has 0 spiro atoms. The van der Waals surface area contributed by atoms with E-state index in [0.717, 1.165) is 48.8 Å². The molecule has 0 saturated carbocycles. The summed E-state index contributed by atoms with van der Waals surface area (Å²) < 4.78 is 5.40. The van der Waals surface area contributed by atoms with Crippen molar-refractivity contribution >= 4 is 23.2 Å². The van der Waals surface area contributed by atoms with Gasteiger partial charge in [0, 0.05) is 50.6 Å². The first-order valence-corrected chi connectivity index (χ1v) is 11.4. The van der Waals surface area contributed by atoms with Crippen LogP contribution in [0.5, 0.6) is 0 Å². The number of nitrogens with zero attached hydrogens (tertiary/aromatic N) is 3. The van der Waals surface area contributed by atoms with Crippen molar-refractivity contribution < 1.29 is 14.3 Å². The topological polar surface area (TPSA) is 65.1 Å². The highest BCUT2D eigenvalue weighted by molar-refractivity contribution is 5.92. The molecule has 0 aliphatic carbocycles. The van der Waals surface area contributed by atoms with Crippen LogP contribution in [-0.2, 0) is 20.7 Å². The number of morpholine rings is 1. The van der Waals surface area contributed by atoms with Crippen molar-refractivity contribution in [2.75, 3.05) is 69.2 Å². The lowest BCUT2D eigenvalue weighted by Gasteiger charge is -2.34. The normalized spacial score (nSPS) is 17.3. The molecule has 0 aromatic heterocycles. The molecule has 2 amide bonds. The van der Waals surface area contributed by atoms with Crippen LogP contribution in [0.25, 0.3) is 0 Å². The van der Waals surface area contributed by atoms with Crippen molar-refractivity contribution in [1.82, 2.24) is 9.80 Å². The average Bonchev–Trinajstić information content (AvgIpc) is 2.82. The fraction of sp³-hybridized carbons (Fsp3) is 0.440. The minimum absolute atomic E-state index is 0.0243. The van der Waals surface area contributed by atoms with E-state index < -0.39 is 0 Å². The van der Waals surface area contributed by atoms with Crippen LogP contribution in [0.4, 0.5) is 11.4 Å². The molecule has 1 N–H and O–H groups in total. The summed E-state index contributed by atoms with van der Waals surface area (Å²) in [6.07, 6.45) is 0.438. The summed E-state index contributed by atoms with van der Waals surface area (Å²) in [6.45, 7) is 8.41. The van der Waals surface area contributed by atoms with E-state index in [1.807, 2.05) is 60.4 Å². The molecule has 32 heavy (non-hydrogen) atoms. The van der Waals surface area contributed by atoms with Gasteiger partial charge in [-0.2, -0.15) is 0 Å². The maximum absolute atomic E-state index is 12.6. The first-order valence-electron chi connectivity index (χ1n) is 11.4. The highest BCUT2D eigenvalue weighted by Gasteiger charge is 2.23. The molecular weight excluding hydrogens is 404 g/mol. The third-order valence-corrected chi connectivity index (χ3v) is 6.22. The van der Waals surface area contributed by atoms with Crippen molar-refractivity contribution in [3.8, 4) is 0 Å². The maximum Gasteiger partial charge on any atom is 0.238 e. The molecule has 2 fully saturated rings. The van der Waals surface area contributed by atoms with Gasteiger partial charge in [0.1, 0.15) is 0 Å². The zero-order valence-electron chi connectivity index (χ0n) is 18.8. The van der Waals surface area contributed by atoms with Gasteiger partial charge in [-0.05, 0) is 42.3 Å². The summed E-state index contributed by atoms with van der Waals surface area (Å²) >= 11 is 0. The maximum atomic E-state index is 12.6. The zero-order valence-corrected chi connectivity index (χ0v) is 18.8. The lowest BCUT2D eigenvalue weighted by Crippen LogP contribution is -2.50. The van der Waals surface area contributed by atoms with Crippen LogP contribution < -0.4 is 10.2 Å². The van der Waals surface area contributed by atoms with Crippen molar-refractivity contribution in [1.29, 1.82) is 0 Å². The summed E-state index contributed by atoms with van der Waals surface area (Å²) in [6, 6.07) is 16.0. The Morgan fingerprint density at radius 1 is 0.906 bits per heavy atom. The molecule has 0 atom stereocenters. The Bertz CT molecular complexity index is 917. The number of ether oxygens (including phenoxy) is 1. The first-order chi connectivity index (χ1) is 15.6. The summed E-state index contributed by atoms with van der Waals surface area (Å²) in [7, 11) is 0. The molecule has 2 heterocycles. The molecule has 2 saturated heterocycles. The van der Waals surface area contributed by atoms with Gasteiger partial charge in [0.05, 0.1) is 26.2 Å². The highest BCUT2D eigenvalue weighted by atomic mass is 16.5.